The molecule has 2 aliphatic heterocycles. The van der Waals surface area contributed by atoms with Gasteiger partial charge in [0.1, 0.15) is 6.04 Å². The van der Waals surface area contributed by atoms with Gasteiger partial charge in [0.15, 0.2) is 0 Å². The Balaban J connectivity index is 1.90. The normalized spacial score (nSPS) is 25.3. The van der Waals surface area contributed by atoms with Gasteiger partial charge < -0.3 is 15.0 Å². The highest BCUT2D eigenvalue weighted by Crippen LogP contribution is 2.12. The van der Waals surface area contributed by atoms with E-state index in [0.717, 1.165) is 4.90 Å². The van der Waals surface area contributed by atoms with Gasteiger partial charge in [0.2, 0.25) is 5.91 Å². The van der Waals surface area contributed by atoms with Crippen molar-refractivity contribution in [3.8, 4) is 0 Å². The Morgan fingerprint density at radius 3 is 2.67 bits per heavy atom. The Kier molecular flexibility index (Phi) is 3.81. The number of piperidine rings is 1. The van der Waals surface area contributed by atoms with Crippen LogP contribution in [0.4, 0.5) is 4.79 Å². The highest BCUT2D eigenvalue weighted by atomic mass is 16.5. The van der Waals surface area contributed by atoms with Crippen molar-refractivity contribution in [3.63, 3.8) is 0 Å². The first-order chi connectivity index (χ1) is 8.59. The van der Waals surface area contributed by atoms with Crippen LogP contribution in [0.2, 0.25) is 0 Å². The van der Waals surface area contributed by atoms with Crippen LogP contribution in [0.1, 0.15) is 12.8 Å². The van der Waals surface area contributed by atoms with Gasteiger partial charge in [0, 0.05) is 26.6 Å². The van der Waals surface area contributed by atoms with Crippen LogP contribution >= 0.6 is 0 Å². The van der Waals surface area contributed by atoms with E-state index in [4.69, 9.17) is 4.74 Å². The number of carbonyl (C=O) groups is 3. The first-order valence-electron chi connectivity index (χ1n) is 6.03. The zero-order valence-corrected chi connectivity index (χ0v) is 10.3. The molecular weight excluding hydrogens is 238 g/mol. The molecule has 7 nitrogen and oxygen atoms in total. The summed E-state index contributed by atoms with van der Waals surface area (Å²) in [5.74, 6) is -0.537. The van der Waals surface area contributed by atoms with E-state index < -0.39 is 6.04 Å². The molecule has 0 radical (unpaired) electrons. The lowest BCUT2D eigenvalue weighted by molar-refractivity contribution is -0.147. The van der Waals surface area contributed by atoms with E-state index in [9.17, 15) is 14.4 Å². The maximum absolute atomic E-state index is 11.9. The van der Waals surface area contributed by atoms with Gasteiger partial charge in [-0.15, -0.1) is 0 Å². The van der Waals surface area contributed by atoms with Crippen LogP contribution < -0.4 is 5.32 Å². The minimum Gasteiger partial charge on any atom is -0.378 e. The Morgan fingerprint density at radius 1 is 1.33 bits per heavy atom. The van der Waals surface area contributed by atoms with Crippen LogP contribution in [-0.2, 0) is 14.3 Å². The Labute approximate surface area is 105 Å². The SMILES string of the molecule is CN1C(=O)CCC(NC(=O)N2CCOCC2)C1=O. The van der Waals surface area contributed by atoms with Gasteiger partial charge in [-0.2, -0.15) is 0 Å². The van der Waals surface area contributed by atoms with Crippen LogP contribution in [0.3, 0.4) is 0 Å². The van der Waals surface area contributed by atoms with Crippen molar-refractivity contribution in [3.05, 3.63) is 0 Å². The molecule has 2 fully saturated rings. The smallest absolute Gasteiger partial charge is 0.318 e. The number of morpholine rings is 1. The zero-order chi connectivity index (χ0) is 13.1. The third-order valence-corrected chi connectivity index (χ3v) is 3.25. The quantitative estimate of drug-likeness (QED) is 0.621. The van der Waals surface area contributed by atoms with E-state index in [1.165, 1.54) is 7.05 Å². The highest BCUT2D eigenvalue weighted by molar-refractivity contribution is 6.01. The van der Waals surface area contributed by atoms with Gasteiger partial charge in [-0.25, -0.2) is 4.79 Å². The Hall–Kier alpha value is -1.63. The molecular formula is C11H17N3O4. The van der Waals surface area contributed by atoms with Gasteiger partial charge in [-0.05, 0) is 6.42 Å². The summed E-state index contributed by atoms with van der Waals surface area (Å²) in [6.45, 7) is 2.10. The lowest BCUT2D eigenvalue weighted by atomic mass is 10.1. The van der Waals surface area contributed by atoms with Gasteiger partial charge in [0.25, 0.3) is 5.91 Å². The third-order valence-electron chi connectivity index (χ3n) is 3.25. The summed E-state index contributed by atoms with van der Waals surface area (Å²) in [5.41, 5.74) is 0. The molecule has 0 aromatic carbocycles. The second-order valence-electron chi connectivity index (χ2n) is 4.43. The largest absolute Gasteiger partial charge is 0.378 e. The monoisotopic (exact) mass is 255 g/mol. The minimum atomic E-state index is -0.594. The lowest BCUT2D eigenvalue weighted by Gasteiger charge is -2.32. The molecule has 18 heavy (non-hydrogen) atoms. The predicted molar refractivity (Wildman–Crippen MR) is 61.7 cm³/mol. The maximum atomic E-state index is 11.9. The average Bonchev–Trinajstić information content (AvgIpc) is 2.40. The number of amides is 4. The summed E-state index contributed by atoms with van der Waals surface area (Å²) >= 11 is 0. The molecule has 0 saturated carbocycles. The van der Waals surface area contributed by atoms with E-state index in [0.29, 0.717) is 32.7 Å². The van der Waals surface area contributed by atoms with Gasteiger partial charge in [-0.1, -0.05) is 0 Å². The molecule has 1 atom stereocenters. The Bertz CT molecular complexity index is 365. The number of rotatable bonds is 1. The number of imide groups is 1. The Morgan fingerprint density at radius 2 is 2.00 bits per heavy atom. The summed E-state index contributed by atoms with van der Waals surface area (Å²) < 4.78 is 5.15. The lowest BCUT2D eigenvalue weighted by Crippen LogP contribution is -2.56. The molecule has 0 aliphatic carbocycles. The van der Waals surface area contributed by atoms with Crippen LogP contribution in [0.5, 0.6) is 0 Å². The number of urea groups is 1. The molecule has 1 unspecified atom stereocenters. The first kappa shape index (κ1) is 12.8. The number of hydrogen-bond donors (Lipinski definition) is 1. The van der Waals surface area contributed by atoms with E-state index >= 15 is 0 Å². The number of likely N-dealkylation sites (N-methyl/N-ethyl adjacent to an activating group) is 1. The molecule has 2 saturated heterocycles. The van der Waals surface area contributed by atoms with Crippen LogP contribution in [0, 0.1) is 0 Å². The molecule has 0 aromatic heterocycles. The first-order valence-corrected chi connectivity index (χ1v) is 6.03. The summed E-state index contributed by atoms with van der Waals surface area (Å²) in [6, 6.07) is -0.859. The molecule has 0 spiro atoms. The fourth-order valence-electron chi connectivity index (χ4n) is 2.06. The summed E-state index contributed by atoms with van der Waals surface area (Å²) in [7, 11) is 1.44. The van der Waals surface area contributed by atoms with Gasteiger partial charge in [0.05, 0.1) is 13.2 Å². The van der Waals surface area contributed by atoms with Crippen LogP contribution in [0.25, 0.3) is 0 Å². The number of likely N-dealkylation sites (tertiary alicyclic amines) is 1. The fourth-order valence-corrected chi connectivity index (χ4v) is 2.06. The van der Waals surface area contributed by atoms with Gasteiger partial charge >= 0.3 is 6.03 Å². The third kappa shape index (κ3) is 2.61. The molecule has 7 heteroatoms. The second-order valence-corrected chi connectivity index (χ2v) is 4.43. The fraction of sp³-hybridized carbons (Fsp3) is 0.727. The number of ether oxygens (including phenoxy) is 1. The number of nitrogens with zero attached hydrogens (tertiary/aromatic N) is 2. The molecule has 4 amide bonds. The molecule has 2 rings (SSSR count). The van der Waals surface area contributed by atoms with Crippen LogP contribution in [0.15, 0.2) is 0 Å². The van der Waals surface area contributed by atoms with Crippen molar-refractivity contribution in [2.24, 2.45) is 0 Å². The van der Waals surface area contributed by atoms with E-state index in [1.807, 2.05) is 0 Å². The molecule has 100 valence electrons. The zero-order valence-electron chi connectivity index (χ0n) is 10.3. The van der Waals surface area contributed by atoms with Crippen molar-refractivity contribution in [2.75, 3.05) is 33.4 Å². The molecule has 2 aliphatic rings. The van der Waals surface area contributed by atoms with Gasteiger partial charge in [-0.3, -0.25) is 14.5 Å². The van der Waals surface area contributed by atoms with E-state index in [1.54, 1.807) is 4.90 Å². The van der Waals surface area contributed by atoms with Crippen molar-refractivity contribution in [1.29, 1.82) is 0 Å². The second kappa shape index (κ2) is 5.34. The predicted octanol–water partition coefficient (Wildman–Crippen LogP) is -0.824. The number of carbonyl (C=O) groups excluding carboxylic acids is 3. The van der Waals surface area contributed by atoms with Crippen molar-refractivity contribution in [2.45, 2.75) is 18.9 Å². The van der Waals surface area contributed by atoms with Crippen LogP contribution in [-0.4, -0.2) is 67.0 Å². The molecule has 1 N–H and O–H groups in total. The van der Waals surface area contributed by atoms with Crippen molar-refractivity contribution < 1.29 is 19.1 Å². The molecule has 0 bridgehead atoms. The summed E-state index contributed by atoms with van der Waals surface area (Å²) in [5, 5.41) is 2.68. The summed E-state index contributed by atoms with van der Waals surface area (Å²) in [4.78, 5) is 37.7. The molecule has 0 aromatic rings. The standard InChI is InChI=1S/C11H17N3O4/c1-13-9(15)3-2-8(10(13)16)12-11(17)14-4-6-18-7-5-14/h8H,2-7H2,1H3,(H,12,17). The van der Waals surface area contributed by atoms with Crippen molar-refractivity contribution in [1.82, 2.24) is 15.1 Å². The average molecular weight is 255 g/mol. The highest BCUT2D eigenvalue weighted by Gasteiger charge is 2.33. The van der Waals surface area contributed by atoms with Crippen molar-refractivity contribution >= 4 is 17.8 Å². The van der Waals surface area contributed by atoms with E-state index in [-0.39, 0.29) is 24.3 Å². The molecule has 2 heterocycles. The topological polar surface area (TPSA) is 79.0 Å². The summed E-state index contributed by atoms with van der Waals surface area (Å²) in [6.07, 6.45) is 0.661. The number of hydrogen-bond acceptors (Lipinski definition) is 4. The maximum Gasteiger partial charge on any atom is 0.318 e. The van der Waals surface area contributed by atoms with E-state index in [2.05, 4.69) is 5.32 Å². The minimum absolute atomic E-state index is 0.197. The number of nitrogens with one attached hydrogen (secondary N) is 1.